The van der Waals surface area contributed by atoms with Gasteiger partial charge in [0.05, 0.1) is 39.9 Å². The number of nitrogens with one attached hydrogen (secondary N) is 1. The number of nitrogens with zero attached hydrogens (tertiary/aromatic N) is 1. The first kappa shape index (κ1) is 56.9. The van der Waals surface area contributed by atoms with Gasteiger partial charge >= 0.3 is 0 Å². The van der Waals surface area contributed by atoms with Crippen molar-refractivity contribution in [3.8, 4) is 0 Å². The number of unbranched alkanes of at least 4 members (excludes halogenated alkanes) is 26. The van der Waals surface area contributed by atoms with Crippen LogP contribution in [0.15, 0.2) is 24.3 Å². The molecule has 344 valence electrons. The second kappa shape index (κ2) is 40.0. The van der Waals surface area contributed by atoms with E-state index in [1.165, 1.54) is 141 Å². The summed E-state index contributed by atoms with van der Waals surface area (Å²) >= 11 is 0. The Morgan fingerprint density at radius 1 is 0.603 bits per heavy atom. The first-order chi connectivity index (χ1) is 27.9. The van der Waals surface area contributed by atoms with Crippen LogP contribution in [0.2, 0.25) is 0 Å². The fourth-order valence-electron chi connectivity index (χ4n) is 7.09. The van der Waals surface area contributed by atoms with E-state index < -0.39 is 32.7 Å². The van der Waals surface area contributed by atoms with E-state index in [-0.39, 0.29) is 18.9 Å². The number of aliphatic hydroxyl groups excluding tert-OH is 2. The Morgan fingerprint density at radius 2 is 1.00 bits per heavy atom. The van der Waals surface area contributed by atoms with Crippen molar-refractivity contribution in [3.63, 3.8) is 0 Å². The van der Waals surface area contributed by atoms with Crippen LogP contribution < -0.4 is 10.2 Å². The minimum Gasteiger partial charge on any atom is -0.756 e. The maximum Gasteiger partial charge on any atom is 0.268 e. The molecule has 0 aromatic rings. The number of quaternary nitrogens is 1. The van der Waals surface area contributed by atoms with Gasteiger partial charge in [-0.3, -0.25) is 9.36 Å². The Labute approximate surface area is 358 Å². The van der Waals surface area contributed by atoms with Gasteiger partial charge in [0.1, 0.15) is 19.3 Å². The number of carbonyl (C=O) groups is 1. The summed E-state index contributed by atoms with van der Waals surface area (Å²) in [5, 5.41) is 24.6. The molecule has 0 heterocycles. The second-order valence-corrected chi connectivity index (χ2v) is 19.4. The van der Waals surface area contributed by atoms with Crippen LogP contribution in [0.4, 0.5) is 0 Å². The zero-order chi connectivity index (χ0) is 43.0. The molecule has 0 aliphatic rings. The second-order valence-electron chi connectivity index (χ2n) is 17.9. The molecule has 1 amide bonds. The van der Waals surface area contributed by atoms with Crippen molar-refractivity contribution in [2.75, 3.05) is 40.9 Å². The molecule has 0 saturated carbocycles. The average Bonchev–Trinajstić information content (AvgIpc) is 3.17. The van der Waals surface area contributed by atoms with Crippen molar-refractivity contribution in [2.45, 2.75) is 238 Å². The lowest BCUT2D eigenvalue weighted by atomic mass is 10.0. The van der Waals surface area contributed by atoms with E-state index in [4.69, 9.17) is 9.05 Å². The molecule has 9 nitrogen and oxygen atoms in total. The lowest BCUT2D eigenvalue weighted by Crippen LogP contribution is -2.51. The van der Waals surface area contributed by atoms with Crippen molar-refractivity contribution in [1.82, 2.24) is 5.32 Å². The summed E-state index contributed by atoms with van der Waals surface area (Å²) in [7, 11) is 1.10. The summed E-state index contributed by atoms with van der Waals surface area (Å²) in [4.78, 5) is 25.4. The SMILES string of the molecule is CCCCC/C=C/CC/C=C/CCCC(O)C(O)C(COP(=O)([O-])OCC[N+](C)(C)C)NC(=O)CCCCCCCCCCCCCCCCCCCCCCCC. The van der Waals surface area contributed by atoms with Crippen molar-refractivity contribution >= 4 is 13.7 Å². The van der Waals surface area contributed by atoms with Crippen LogP contribution in [0, 0.1) is 0 Å². The number of aliphatic hydroxyl groups is 2. The number of allylic oxidation sites excluding steroid dienone is 4. The van der Waals surface area contributed by atoms with Gasteiger partial charge in [0, 0.05) is 6.42 Å². The molecule has 0 saturated heterocycles. The highest BCUT2D eigenvalue weighted by Gasteiger charge is 2.29. The smallest absolute Gasteiger partial charge is 0.268 e. The number of phosphoric ester groups is 1. The third kappa shape index (κ3) is 40.4. The van der Waals surface area contributed by atoms with Crippen molar-refractivity contribution in [2.24, 2.45) is 0 Å². The molecule has 0 fully saturated rings. The Balaban J connectivity index is 4.35. The molecule has 0 radical (unpaired) electrons. The molecule has 58 heavy (non-hydrogen) atoms. The van der Waals surface area contributed by atoms with Crippen LogP contribution in [0.5, 0.6) is 0 Å². The molecule has 0 rings (SSSR count). The van der Waals surface area contributed by atoms with E-state index in [0.717, 1.165) is 38.5 Å². The Hall–Kier alpha value is -1.06. The van der Waals surface area contributed by atoms with E-state index in [0.29, 0.717) is 30.3 Å². The van der Waals surface area contributed by atoms with Gasteiger partial charge < -0.3 is 34.0 Å². The van der Waals surface area contributed by atoms with Crippen molar-refractivity contribution < 1.29 is 38.0 Å². The predicted molar refractivity (Wildman–Crippen MR) is 244 cm³/mol. The third-order valence-corrected chi connectivity index (χ3v) is 12.0. The van der Waals surface area contributed by atoms with Gasteiger partial charge in [-0.2, -0.15) is 0 Å². The standard InChI is InChI=1S/C48H95N2O7P/c1-6-8-10-12-14-16-18-20-21-22-23-24-25-26-27-28-29-31-33-35-37-39-41-47(52)49-45(44-57-58(54,55)56-43-42-50(3,4)5)48(53)46(51)40-38-36-34-32-30-19-17-15-13-11-9-7-2/h15,17,32,34,45-46,48,51,53H,6-14,16,18-31,33,35-44H2,1-5H3,(H-,49,52,54,55)/b17-15+,34-32+. The van der Waals surface area contributed by atoms with E-state index in [9.17, 15) is 24.5 Å². The molecule has 0 bridgehead atoms. The van der Waals surface area contributed by atoms with Gasteiger partial charge in [-0.15, -0.1) is 0 Å². The number of amides is 1. The summed E-state index contributed by atoms with van der Waals surface area (Å²) in [6.45, 7) is 4.39. The topological polar surface area (TPSA) is 128 Å². The predicted octanol–water partition coefficient (Wildman–Crippen LogP) is 12.0. The monoisotopic (exact) mass is 843 g/mol. The van der Waals surface area contributed by atoms with Gasteiger partial charge in [-0.1, -0.05) is 186 Å². The molecule has 0 aliphatic heterocycles. The summed E-state index contributed by atoms with van der Waals surface area (Å²) in [5.74, 6) is -0.290. The quantitative estimate of drug-likeness (QED) is 0.0241. The Bertz CT molecular complexity index is 1020. The molecule has 0 aliphatic carbocycles. The average molecular weight is 843 g/mol. The van der Waals surface area contributed by atoms with Gasteiger partial charge in [0.25, 0.3) is 7.82 Å². The highest BCUT2D eigenvalue weighted by atomic mass is 31.2. The van der Waals surface area contributed by atoms with E-state index in [1.807, 2.05) is 21.1 Å². The molecule has 10 heteroatoms. The van der Waals surface area contributed by atoms with Gasteiger partial charge in [0.15, 0.2) is 0 Å². The fourth-order valence-corrected chi connectivity index (χ4v) is 7.82. The van der Waals surface area contributed by atoms with Gasteiger partial charge in [-0.25, -0.2) is 0 Å². The molecule has 0 spiro atoms. The highest BCUT2D eigenvalue weighted by Crippen LogP contribution is 2.38. The Kier molecular flexibility index (Phi) is 39.3. The molecule has 3 N–H and O–H groups in total. The first-order valence-electron chi connectivity index (χ1n) is 24.3. The van der Waals surface area contributed by atoms with Crippen LogP contribution in [0.25, 0.3) is 0 Å². The number of hydrogen-bond donors (Lipinski definition) is 3. The summed E-state index contributed by atoms with van der Waals surface area (Å²) < 4.78 is 23.1. The first-order valence-corrected chi connectivity index (χ1v) is 25.7. The summed E-state index contributed by atoms with van der Waals surface area (Å²) in [6, 6.07) is -1.09. The van der Waals surface area contributed by atoms with Gasteiger partial charge in [0.2, 0.25) is 5.91 Å². The summed E-state index contributed by atoms with van der Waals surface area (Å²) in [6.07, 6.45) is 43.7. The van der Waals surface area contributed by atoms with E-state index >= 15 is 0 Å². The number of hydrogen-bond acceptors (Lipinski definition) is 7. The maximum atomic E-state index is 12.9. The fraction of sp³-hybridized carbons (Fsp3) is 0.896. The van der Waals surface area contributed by atoms with E-state index in [2.05, 4.69) is 43.5 Å². The van der Waals surface area contributed by atoms with Crippen molar-refractivity contribution in [1.29, 1.82) is 0 Å². The lowest BCUT2D eigenvalue weighted by Gasteiger charge is -2.31. The van der Waals surface area contributed by atoms with Crippen LogP contribution in [-0.4, -0.2) is 79.8 Å². The maximum absolute atomic E-state index is 12.9. The van der Waals surface area contributed by atoms with Crippen molar-refractivity contribution in [3.05, 3.63) is 24.3 Å². The normalized spacial score (nSPS) is 15.0. The van der Waals surface area contributed by atoms with Crippen LogP contribution in [0.1, 0.15) is 219 Å². The summed E-state index contributed by atoms with van der Waals surface area (Å²) in [5.41, 5.74) is 0. The van der Waals surface area contributed by atoms with Crippen LogP contribution >= 0.6 is 7.82 Å². The number of likely N-dealkylation sites (N-methyl/N-ethyl adjacent to an activating group) is 1. The van der Waals surface area contributed by atoms with Gasteiger partial charge in [-0.05, 0) is 51.4 Å². The van der Waals surface area contributed by atoms with Crippen LogP contribution in [-0.2, 0) is 18.4 Å². The highest BCUT2D eigenvalue weighted by molar-refractivity contribution is 7.45. The molecule has 4 unspecified atom stereocenters. The number of phosphoric acid groups is 1. The number of carbonyl (C=O) groups excluding carboxylic acids is 1. The third-order valence-electron chi connectivity index (χ3n) is 11.0. The largest absolute Gasteiger partial charge is 0.756 e. The molecular weight excluding hydrogens is 748 g/mol. The molecular formula is C48H95N2O7P. The zero-order valence-electron chi connectivity index (χ0n) is 38.6. The minimum absolute atomic E-state index is 0.0469. The molecule has 4 atom stereocenters. The Morgan fingerprint density at radius 3 is 1.45 bits per heavy atom. The lowest BCUT2D eigenvalue weighted by molar-refractivity contribution is -0.870. The zero-order valence-corrected chi connectivity index (χ0v) is 39.5. The molecule has 0 aromatic heterocycles. The van der Waals surface area contributed by atoms with E-state index in [1.54, 1.807) is 0 Å². The number of rotatable bonds is 44. The molecule has 0 aromatic carbocycles. The minimum atomic E-state index is -4.67. The van der Waals surface area contributed by atoms with Crippen LogP contribution in [0.3, 0.4) is 0 Å².